The summed E-state index contributed by atoms with van der Waals surface area (Å²) in [6, 6.07) is 0. The molecule has 0 bridgehead atoms. The number of aliphatic hydroxyl groups is 1. The van der Waals surface area contributed by atoms with Gasteiger partial charge in [-0.3, -0.25) is 0 Å². The van der Waals surface area contributed by atoms with Gasteiger partial charge in [-0.25, -0.2) is 0 Å². The van der Waals surface area contributed by atoms with Crippen LogP contribution in [0.15, 0.2) is 0 Å². The van der Waals surface area contributed by atoms with Gasteiger partial charge in [0, 0.05) is 33.0 Å². The van der Waals surface area contributed by atoms with E-state index in [9.17, 15) is 0 Å². The van der Waals surface area contributed by atoms with Crippen molar-refractivity contribution in [2.24, 2.45) is 0 Å². The quantitative estimate of drug-likeness (QED) is 0.697. The second-order valence-corrected chi connectivity index (χ2v) is 5.07. The van der Waals surface area contributed by atoms with Crippen molar-refractivity contribution < 1.29 is 18.4 Å². The van der Waals surface area contributed by atoms with Crippen LogP contribution < -0.4 is 0 Å². The Morgan fingerprint density at radius 2 is 1.07 bits per heavy atom. The lowest BCUT2D eigenvalue weighted by atomic mass is 10.9. The van der Waals surface area contributed by atoms with E-state index < -0.39 is 8.80 Å². The van der Waals surface area contributed by atoms with Crippen LogP contribution in [0, 0.1) is 0 Å². The van der Waals surface area contributed by atoms with Gasteiger partial charge in [-0.2, -0.15) is 0 Å². The molecule has 14 heavy (non-hydrogen) atoms. The first kappa shape index (κ1) is 16.5. The molecule has 0 unspecified atom stereocenters. The number of aliphatic hydroxyl groups excluding tert-OH is 1. The van der Waals surface area contributed by atoms with Gasteiger partial charge in [0.25, 0.3) is 0 Å². The van der Waals surface area contributed by atoms with Gasteiger partial charge in [-0.1, -0.05) is 0 Å². The van der Waals surface area contributed by atoms with Crippen molar-refractivity contribution in [2.45, 2.75) is 34.2 Å². The van der Waals surface area contributed by atoms with Crippen LogP contribution in [0.3, 0.4) is 0 Å². The van der Waals surface area contributed by atoms with Crippen LogP contribution in [0.2, 0.25) is 6.55 Å². The zero-order chi connectivity index (χ0) is 11.4. The molecule has 1 N–H and O–H groups in total. The standard InChI is InChI=1S/C7H18O3Si.C2H6O/c1-5-8-11(4,9-6-2)10-7-3;1-2-3/h5-7H2,1-4H3;3H,2H2,1H3. The zero-order valence-electron chi connectivity index (χ0n) is 10.0. The average molecular weight is 224 g/mol. The van der Waals surface area contributed by atoms with Gasteiger partial charge >= 0.3 is 8.80 Å². The van der Waals surface area contributed by atoms with E-state index >= 15 is 0 Å². The van der Waals surface area contributed by atoms with E-state index in [2.05, 4.69) is 0 Å². The third kappa shape index (κ3) is 10.1. The topological polar surface area (TPSA) is 47.9 Å². The van der Waals surface area contributed by atoms with Gasteiger partial charge in [0.2, 0.25) is 0 Å². The molecule has 0 aliphatic carbocycles. The summed E-state index contributed by atoms with van der Waals surface area (Å²) in [6.45, 7) is 11.7. The summed E-state index contributed by atoms with van der Waals surface area (Å²) < 4.78 is 16.2. The van der Waals surface area contributed by atoms with E-state index in [4.69, 9.17) is 18.4 Å². The van der Waals surface area contributed by atoms with Crippen LogP contribution in [-0.2, 0) is 13.3 Å². The molecule has 0 aromatic rings. The first-order valence-electron chi connectivity index (χ1n) is 5.12. The summed E-state index contributed by atoms with van der Waals surface area (Å²) in [6.07, 6.45) is 0. The lowest BCUT2D eigenvalue weighted by molar-refractivity contribution is 0.0783. The first-order chi connectivity index (χ1) is 6.60. The molecule has 5 heteroatoms. The van der Waals surface area contributed by atoms with Gasteiger partial charge in [0.05, 0.1) is 0 Å². The van der Waals surface area contributed by atoms with Crippen LogP contribution >= 0.6 is 0 Å². The van der Waals surface area contributed by atoms with E-state index in [0.29, 0.717) is 19.8 Å². The SMILES string of the molecule is CCO.CCO[Si](C)(OCC)OCC. The van der Waals surface area contributed by atoms with E-state index in [-0.39, 0.29) is 6.61 Å². The highest BCUT2D eigenvalue weighted by Gasteiger charge is 2.32. The van der Waals surface area contributed by atoms with Crippen molar-refractivity contribution in [1.82, 2.24) is 0 Å². The van der Waals surface area contributed by atoms with Crippen molar-refractivity contribution in [3.8, 4) is 0 Å². The monoisotopic (exact) mass is 224 g/mol. The molecule has 0 amide bonds. The molecular formula is C9H24O4Si. The third-order valence-corrected chi connectivity index (χ3v) is 3.66. The van der Waals surface area contributed by atoms with Crippen LogP contribution in [-0.4, -0.2) is 40.3 Å². The molecule has 4 nitrogen and oxygen atoms in total. The fourth-order valence-electron chi connectivity index (χ4n) is 0.912. The Morgan fingerprint density at radius 1 is 0.857 bits per heavy atom. The normalized spacial score (nSPS) is 10.7. The minimum Gasteiger partial charge on any atom is -0.397 e. The smallest absolute Gasteiger partial charge is 0.397 e. The molecule has 0 aliphatic heterocycles. The number of hydrogen-bond acceptors (Lipinski definition) is 4. The van der Waals surface area contributed by atoms with Crippen LogP contribution in [0.1, 0.15) is 27.7 Å². The minimum atomic E-state index is -2.25. The third-order valence-electron chi connectivity index (χ3n) is 1.22. The molecule has 0 saturated heterocycles. The molecule has 0 aromatic carbocycles. The maximum atomic E-state index is 7.57. The summed E-state index contributed by atoms with van der Waals surface area (Å²) in [5, 5.41) is 7.57. The summed E-state index contributed by atoms with van der Waals surface area (Å²) in [4.78, 5) is 0. The van der Waals surface area contributed by atoms with Crippen LogP contribution in [0.25, 0.3) is 0 Å². The highest BCUT2D eigenvalue weighted by molar-refractivity contribution is 6.59. The predicted molar refractivity (Wildman–Crippen MR) is 59.3 cm³/mol. The van der Waals surface area contributed by atoms with E-state index in [0.717, 1.165) is 0 Å². The fraction of sp³-hybridized carbons (Fsp3) is 1.00. The highest BCUT2D eigenvalue weighted by Crippen LogP contribution is 2.08. The van der Waals surface area contributed by atoms with Crippen molar-refractivity contribution in [1.29, 1.82) is 0 Å². The Kier molecular flexibility index (Phi) is 13.1. The Morgan fingerprint density at radius 3 is 1.21 bits per heavy atom. The maximum Gasteiger partial charge on any atom is 0.497 e. The Labute approximate surface area is 88.6 Å². The Hall–Kier alpha value is 0.0569. The largest absolute Gasteiger partial charge is 0.497 e. The molecular weight excluding hydrogens is 200 g/mol. The lowest BCUT2D eigenvalue weighted by Gasteiger charge is -2.23. The second kappa shape index (κ2) is 11.1. The molecule has 0 spiro atoms. The van der Waals surface area contributed by atoms with E-state index in [1.165, 1.54) is 0 Å². The van der Waals surface area contributed by atoms with Gasteiger partial charge in [-0.15, -0.1) is 0 Å². The average Bonchev–Trinajstić information content (AvgIpc) is 2.06. The summed E-state index contributed by atoms with van der Waals surface area (Å²) >= 11 is 0. The molecule has 0 atom stereocenters. The molecule has 0 heterocycles. The van der Waals surface area contributed by atoms with Crippen LogP contribution in [0.4, 0.5) is 0 Å². The minimum absolute atomic E-state index is 0.250. The highest BCUT2D eigenvalue weighted by atomic mass is 28.4. The zero-order valence-corrected chi connectivity index (χ0v) is 11.0. The summed E-state index contributed by atoms with van der Waals surface area (Å²) in [5.41, 5.74) is 0. The molecule has 0 rings (SSSR count). The van der Waals surface area contributed by atoms with Gasteiger partial charge in [0.15, 0.2) is 0 Å². The number of hydrogen-bond donors (Lipinski definition) is 1. The second-order valence-electron chi connectivity index (χ2n) is 2.48. The van der Waals surface area contributed by atoms with Gasteiger partial charge < -0.3 is 18.4 Å². The summed E-state index contributed by atoms with van der Waals surface area (Å²) in [7, 11) is -2.25. The molecule has 0 radical (unpaired) electrons. The van der Waals surface area contributed by atoms with Crippen molar-refractivity contribution >= 4 is 8.80 Å². The van der Waals surface area contributed by atoms with Gasteiger partial charge in [0.1, 0.15) is 0 Å². The molecule has 0 saturated carbocycles. The lowest BCUT2D eigenvalue weighted by Crippen LogP contribution is -2.42. The molecule has 0 aromatic heterocycles. The van der Waals surface area contributed by atoms with Crippen molar-refractivity contribution in [3.63, 3.8) is 0 Å². The number of rotatable bonds is 6. The molecule has 0 aliphatic rings. The molecule has 88 valence electrons. The Balaban J connectivity index is 0. The predicted octanol–water partition coefficient (Wildman–Crippen LogP) is 1.66. The van der Waals surface area contributed by atoms with Crippen molar-refractivity contribution in [2.75, 3.05) is 26.4 Å². The fourth-order valence-corrected chi connectivity index (χ4v) is 2.73. The first-order valence-corrected chi connectivity index (χ1v) is 7.35. The Bertz CT molecular complexity index is 94.0. The van der Waals surface area contributed by atoms with E-state index in [1.807, 2.05) is 27.3 Å². The van der Waals surface area contributed by atoms with Crippen LogP contribution in [0.5, 0.6) is 0 Å². The molecule has 0 fully saturated rings. The van der Waals surface area contributed by atoms with Crippen molar-refractivity contribution in [3.05, 3.63) is 0 Å². The summed E-state index contributed by atoms with van der Waals surface area (Å²) in [5.74, 6) is 0. The van der Waals surface area contributed by atoms with Gasteiger partial charge in [-0.05, 0) is 27.7 Å². The van der Waals surface area contributed by atoms with E-state index in [1.54, 1.807) is 6.92 Å². The maximum absolute atomic E-state index is 7.57.